The number of nitrogens with one attached hydrogen (secondary N) is 1. The summed E-state index contributed by atoms with van der Waals surface area (Å²) in [4.78, 5) is 43.5. The van der Waals surface area contributed by atoms with E-state index in [1.807, 2.05) is 23.1 Å². The van der Waals surface area contributed by atoms with Gasteiger partial charge < -0.3 is 9.80 Å². The molecule has 2 aromatic carbocycles. The second-order valence-electron chi connectivity index (χ2n) is 10.2. The Labute approximate surface area is 210 Å². The van der Waals surface area contributed by atoms with Gasteiger partial charge in [-0.1, -0.05) is 66.2 Å². The number of rotatable bonds is 5. The van der Waals surface area contributed by atoms with E-state index in [0.29, 0.717) is 18.1 Å². The number of carbonyl (C=O) groups excluding carboxylic acids is 3. The average Bonchev–Trinajstić information content (AvgIpc) is 3.57. The van der Waals surface area contributed by atoms with Crippen LogP contribution in [0.5, 0.6) is 0 Å². The lowest BCUT2D eigenvalue weighted by atomic mass is 9.85. The number of quaternary nitrogens is 1. The number of benzene rings is 2. The summed E-state index contributed by atoms with van der Waals surface area (Å²) in [6.45, 7) is 2.64. The van der Waals surface area contributed by atoms with Crippen molar-refractivity contribution < 1.29 is 19.3 Å². The van der Waals surface area contributed by atoms with E-state index in [4.69, 9.17) is 11.6 Å². The fourth-order valence-corrected chi connectivity index (χ4v) is 6.78. The van der Waals surface area contributed by atoms with Crippen molar-refractivity contribution in [3.8, 4) is 0 Å². The summed E-state index contributed by atoms with van der Waals surface area (Å²) in [5, 5.41) is 0.713. The van der Waals surface area contributed by atoms with Crippen LogP contribution in [0, 0.1) is 23.7 Å². The van der Waals surface area contributed by atoms with Crippen LogP contribution in [-0.4, -0.2) is 60.2 Å². The maximum atomic E-state index is 13.1. The summed E-state index contributed by atoms with van der Waals surface area (Å²) < 4.78 is 0. The van der Waals surface area contributed by atoms with Gasteiger partial charge in [-0.2, -0.15) is 0 Å². The van der Waals surface area contributed by atoms with Crippen molar-refractivity contribution in [2.75, 3.05) is 32.7 Å². The zero-order valence-corrected chi connectivity index (χ0v) is 20.2. The van der Waals surface area contributed by atoms with Crippen LogP contribution in [0.25, 0.3) is 0 Å². The van der Waals surface area contributed by atoms with Gasteiger partial charge in [0.05, 0.1) is 38.0 Å². The molecule has 0 spiro atoms. The Morgan fingerprint density at radius 3 is 2.06 bits per heavy atom. The number of hydrogen-bond acceptors (Lipinski definition) is 3. The molecule has 2 bridgehead atoms. The summed E-state index contributed by atoms with van der Waals surface area (Å²) in [5.41, 5.74) is 2.42. The van der Waals surface area contributed by atoms with Crippen LogP contribution in [0.4, 0.5) is 0 Å². The molecular formula is C28H29ClN3O3+. The molecule has 2 saturated heterocycles. The lowest BCUT2D eigenvalue weighted by Crippen LogP contribution is -3.15. The molecule has 1 saturated carbocycles. The van der Waals surface area contributed by atoms with Crippen LogP contribution >= 0.6 is 11.6 Å². The average molecular weight is 491 g/mol. The Morgan fingerprint density at radius 2 is 1.46 bits per heavy atom. The normalized spacial score (nSPS) is 28.6. The van der Waals surface area contributed by atoms with Gasteiger partial charge in [-0.15, -0.1) is 0 Å². The van der Waals surface area contributed by atoms with Crippen molar-refractivity contribution in [2.45, 2.75) is 12.5 Å². The molecule has 3 fully saturated rings. The van der Waals surface area contributed by atoms with Gasteiger partial charge >= 0.3 is 0 Å². The van der Waals surface area contributed by atoms with E-state index in [0.717, 1.165) is 19.5 Å². The number of likely N-dealkylation sites (tertiary alicyclic amines) is 1. The molecule has 6 rings (SSSR count). The third-order valence-electron chi connectivity index (χ3n) is 8.36. The molecule has 5 atom stereocenters. The van der Waals surface area contributed by atoms with E-state index in [9.17, 15) is 14.4 Å². The van der Waals surface area contributed by atoms with Gasteiger partial charge in [0.25, 0.3) is 0 Å². The van der Waals surface area contributed by atoms with E-state index in [1.54, 1.807) is 0 Å². The fourth-order valence-electron chi connectivity index (χ4n) is 6.65. The van der Waals surface area contributed by atoms with Gasteiger partial charge in [-0.05, 0) is 30.4 Å². The Kier molecular flexibility index (Phi) is 5.73. The molecule has 180 valence electrons. The summed E-state index contributed by atoms with van der Waals surface area (Å²) in [6, 6.07) is 18.6. The lowest BCUT2D eigenvalue weighted by Gasteiger charge is -2.37. The van der Waals surface area contributed by atoms with E-state index < -0.39 is 0 Å². The number of carbonyl (C=O) groups is 3. The number of amides is 3. The fraction of sp³-hybridized carbons (Fsp3) is 0.393. The Bertz CT molecular complexity index is 1140. The Balaban J connectivity index is 1.12. The molecule has 3 amide bonds. The van der Waals surface area contributed by atoms with Gasteiger partial charge in [0.15, 0.2) is 0 Å². The molecular weight excluding hydrogens is 462 g/mol. The first-order chi connectivity index (χ1) is 17.0. The minimum absolute atomic E-state index is 0.126. The molecule has 35 heavy (non-hydrogen) atoms. The molecule has 2 heterocycles. The highest BCUT2D eigenvalue weighted by Crippen LogP contribution is 2.52. The topological polar surface area (TPSA) is 62.1 Å². The van der Waals surface area contributed by atoms with Crippen LogP contribution < -0.4 is 4.90 Å². The standard InChI is InChI=1S/C28H28ClN3O3/c29-22-10-8-19(9-11-22)26(18-4-2-1-3-5-18)31-14-12-30(13-15-31)23(33)17-32-27(34)24-20-6-7-21(16-20)25(24)28(32)35/h1-11,20-21,24-26H,12-17H2/p+1. The molecule has 0 radical (unpaired) electrons. The molecule has 2 aliphatic carbocycles. The summed E-state index contributed by atoms with van der Waals surface area (Å²) in [5.74, 6) is -0.611. The molecule has 0 aromatic heterocycles. The van der Waals surface area contributed by atoms with E-state index >= 15 is 0 Å². The molecule has 7 heteroatoms. The molecule has 5 unspecified atom stereocenters. The molecule has 4 aliphatic rings. The minimum atomic E-state index is -0.252. The first-order valence-corrected chi connectivity index (χ1v) is 12.9. The van der Waals surface area contributed by atoms with Gasteiger partial charge in [0.1, 0.15) is 12.6 Å². The second-order valence-corrected chi connectivity index (χ2v) is 10.6. The van der Waals surface area contributed by atoms with Crippen molar-refractivity contribution >= 4 is 29.3 Å². The van der Waals surface area contributed by atoms with Crippen LogP contribution in [0.1, 0.15) is 23.6 Å². The van der Waals surface area contributed by atoms with Crippen molar-refractivity contribution in [1.29, 1.82) is 0 Å². The molecule has 1 N–H and O–H groups in total. The van der Waals surface area contributed by atoms with Crippen LogP contribution in [0.3, 0.4) is 0 Å². The van der Waals surface area contributed by atoms with Crippen molar-refractivity contribution in [3.05, 3.63) is 82.9 Å². The van der Waals surface area contributed by atoms with E-state index in [1.165, 1.54) is 20.9 Å². The SMILES string of the molecule is O=C(CN1C(=O)C2C3C=CC(C3)C2C1=O)N1CC[NH+](C(c2ccccc2)c2ccc(Cl)cc2)CC1. The number of imide groups is 1. The molecule has 6 nitrogen and oxygen atoms in total. The van der Waals surface area contributed by atoms with Crippen molar-refractivity contribution in [1.82, 2.24) is 9.80 Å². The van der Waals surface area contributed by atoms with Crippen LogP contribution in [0.2, 0.25) is 5.02 Å². The number of piperazine rings is 1. The first-order valence-electron chi connectivity index (χ1n) is 12.5. The summed E-state index contributed by atoms with van der Waals surface area (Å²) >= 11 is 6.14. The van der Waals surface area contributed by atoms with Gasteiger partial charge in [-0.25, -0.2) is 0 Å². The van der Waals surface area contributed by atoms with E-state index in [-0.39, 0.29) is 54.0 Å². The number of hydrogen-bond donors (Lipinski definition) is 1. The highest BCUT2D eigenvalue weighted by molar-refractivity contribution is 6.30. The van der Waals surface area contributed by atoms with Gasteiger partial charge in [-0.3, -0.25) is 19.3 Å². The number of halogens is 1. The van der Waals surface area contributed by atoms with E-state index in [2.05, 4.69) is 48.6 Å². The largest absolute Gasteiger partial charge is 0.330 e. The smallest absolute Gasteiger partial charge is 0.243 e. The number of nitrogens with zero attached hydrogens (tertiary/aromatic N) is 2. The van der Waals surface area contributed by atoms with Gasteiger partial charge in [0.2, 0.25) is 17.7 Å². The molecule has 2 aliphatic heterocycles. The number of fused-ring (bicyclic) bond motifs is 5. The number of allylic oxidation sites excluding steroid dienone is 2. The monoisotopic (exact) mass is 490 g/mol. The predicted octanol–water partition coefficient (Wildman–Crippen LogP) is 1.96. The van der Waals surface area contributed by atoms with Gasteiger partial charge in [0, 0.05) is 16.1 Å². The minimum Gasteiger partial charge on any atom is -0.330 e. The first kappa shape index (κ1) is 22.5. The summed E-state index contributed by atoms with van der Waals surface area (Å²) in [7, 11) is 0. The van der Waals surface area contributed by atoms with Crippen LogP contribution in [0.15, 0.2) is 66.7 Å². The highest BCUT2D eigenvalue weighted by Gasteiger charge is 2.59. The van der Waals surface area contributed by atoms with Crippen molar-refractivity contribution in [3.63, 3.8) is 0 Å². The predicted molar refractivity (Wildman–Crippen MR) is 131 cm³/mol. The second kappa shape index (κ2) is 8.92. The lowest BCUT2D eigenvalue weighted by molar-refractivity contribution is -0.929. The maximum Gasteiger partial charge on any atom is 0.243 e. The summed E-state index contributed by atoms with van der Waals surface area (Å²) in [6.07, 6.45) is 5.05. The molecule has 2 aromatic rings. The zero-order valence-electron chi connectivity index (χ0n) is 19.5. The maximum absolute atomic E-state index is 13.1. The van der Waals surface area contributed by atoms with Crippen molar-refractivity contribution in [2.24, 2.45) is 23.7 Å². The third-order valence-corrected chi connectivity index (χ3v) is 8.61. The quantitative estimate of drug-likeness (QED) is 0.515. The Morgan fingerprint density at radius 1 is 0.886 bits per heavy atom. The Hall–Kier alpha value is -2.96. The zero-order chi connectivity index (χ0) is 24.1. The highest BCUT2D eigenvalue weighted by atomic mass is 35.5. The van der Waals surface area contributed by atoms with Crippen LogP contribution in [-0.2, 0) is 14.4 Å². The third kappa shape index (κ3) is 3.89.